The van der Waals surface area contributed by atoms with Gasteiger partial charge < -0.3 is 24.8 Å². The Morgan fingerprint density at radius 1 is 1.27 bits per heavy atom. The summed E-state index contributed by atoms with van der Waals surface area (Å²) in [6.07, 6.45) is 5.89. The van der Waals surface area contributed by atoms with Gasteiger partial charge in [0.05, 0.1) is 34.3 Å². The summed E-state index contributed by atoms with van der Waals surface area (Å²) in [5.41, 5.74) is 1.51. The molecule has 3 atom stereocenters. The van der Waals surface area contributed by atoms with E-state index < -0.39 is 17.1 Å². The van der Waals surface area contributed by atoms with Crippen molar-refractivity contribution in [1.29, 1.82) is 5.26 Å². The molecule has 2 aromatic heterocycles. The summed E-state index contributed by atoms with van der Waals surface area (Å²) < 4.78 is 16.6. The van der Waals surface area contributed by atoms with Crippen LogP contribution in [0.15, 0.2) is 30.5 Å². The molecule has 1 saturated heterocycles. The van der Waals surface area contributed by atoms with Gasteiger partial charge in [-0.25, -0.2) is 9.78 Å². The Bertz CT molecular complexity index is 1210. The summed E-state index contributed by atoms with van der Waals surface area (Å²) in [7, 11) is 1.68. The molecule has 1 saturated carbocycles. The number of alkyl carbamates (subject to hydrolysis) is 1. The molecule has 0 spiro atoms. The van der Waals surface area contributed by atoms with E-state index in [1.807, 2.05) is 45.0 Å². The summed E-state index contributed by atoms with van der Waals surface area (Å²) in [5.74, 6) is 1.05. The van der Waals surface area contributed by atoms with Crippen molar-refractivity contribution < 1.29 is 19.0 Å². The maximum Gasteiger partial charge on any atom is 0.407 e. The minimum Gasteiger partial charge on any atom is -0.444 e. The van der Waals surface area contributed by atoms with Gasteiger partial charge in [0.15, 0.2) is 0 Å². The first kappa shape index (κ1) is 30.0. The van der Waals surface area contributed by atoms with E-state index in [0.717, 1.165) is 42.6 Å². The van der Waals surface area contributed by atoms with Gasteiger partial charge in [0.2, 0.25) is 0 Å². The molecule has 0 radical (unpaired) electrons. The molecule has 1 amide bonds. The lowest BCUT2D eigenvalue weighted by Gasteiger charge is -2.36. The molecule has 2 N–H and O–H groups in total. The second kappa shape index (κ2) is 13.2. The summed E-state index contributed by atoms with van der Waals surface area (Å²) in [5, 5.41) is 16.6. The zero-order valence-electron chi connectivity index (χ0n) is 23.8. The number of rotatable bonds is 8. The Morgan fingerprint density at radius 2 is 2.05 bits per heavy atom. The van der Waals surface area contributed by atoms with Crippen LogP contribution in [0.4, 0.5) is 10.6 Å². The number of anilines is 1. The number of nitrogens with one attached hydrogen (secondary N) is 2. The molecule has 2 aliphatic rings. The number of hydrogen-bond donors (Lipinski definition) is 2. The Labute approximate surface area is 242 Å². The first-order valence-corrected chi connectivity index (χ1v) is 14.3. The Balaban J connectivity index is 1.40. The van der Waals surface area contributed by atoms with E-state index in [1.54, 1.807) is 13.3 Å². The van der Waals surface area contributed by atoms with Gasteiger partial charge in [0.25, 0.3) is 0 Å². The number of carbonyl (C=O) groups is 1. The number of halogens is 1. The second-order valence-electron chi connectivity index (χ2n) is 11.8. The molecule has 0 aromatic carbocycles. The van der Waals surface area contributed by atoms with E-state index in [-0.39, 0.29) is 12.1 Å². The van der Waals surface area contributed by atoms with Crippen molar-refractivity contribution in [3.8, 4) is 17.3 Å². The highest BCUT2D eigenvalue weighted by Gasteiger charge is 2.34. The number of pyridine rings is 2. The fourth-order valence-electron chi connectivity index (χ4n) is 5.40. The maximum absolute atomic E-state index is 12.3. The smallest absolute Gasteiger partial charge is 0.407 e. The summed E-state index contributed by atoms with van der Waals surface area (Å²) in [4.78, 5) is 21.7. The van der Waals surface area contributed by atoms with Gasteiger partial charge in [-0.05, 0) is 83.4 Å². The van der Waals surface area contributed by atoms with Crippen molar-refractivity contribution in [2.45, 2.75) is 77.0 Å². The van der Waals surface area contributed by atoms with Gasteiger partial charge in [0.1, 0.15) is 11.4 Å². The molecule has 0 unspecified atom stereocenters. The topological polar surface area (TPSA) is 118 Å². The maximum atomic E-state index is 12.3. The number of ether oxygens (including phenoxy) is 3. The SMILES string of the molecule is CO[C@H]1C[C@H](Cc2cc(-c3cccc(NCC4(C#N)CCOCC4)n3)c(Cl)cn2)CC[C@H]1NC(=O)OC(C)(C)C. The molecule has 40 heavy (non-hydrogen) atoms. The fourth-order valence-corrected chi connectivity index (χ4v) is 5.60. The van der Waals surface area contributed by atoms with E-state index in [1.165, 1.54) is 0 Å². The molecule has 10 heteroatoms. The van der Waals surface area contributed by atoms with Crippen LogP contribution in [0.2, 0.25) is 5.02 Å². The van der Waals surface area contributed by atoms with Crippen molar-refractivity contribution in [3.63, 3.8) is 0 Å². The molecule has 1 aliphatic heterocycles. The molecule has 3 heterocycles. The van der Waals surface area contributed by atoms with E-state index in [2.05, 4.69) is 21.7 Å². The van der Waals surface area contributed by atoms with Crippen molar-refractivity contribution in [2.75, 3.05) is 32.2 Å². The van der Waals surface area contributed by atoms with Crippen LogP contribution in [0.3, 0.4) is 0 Å². The lowest BCUT2D eigenvalue weighted by atomic mass is 9.81. The largest absolute Gasteiger partial charge is 0.444 e. The van der Waals surface area contributed by atoms with Gasteiger partial charge in [-0.15, -0.1) is 0 Å². The molecule has 216 valence electrons. The first-order chi connectivity index (χ1) is 19.1. The average Bonchev–Trinajstić information content (AvgIpc) is 2.93. The van der Waals surface area contributed by atoms with Crippen molar-refractivity contribution >= 4 is 23.5 Å². The van der Waals surface area contributed by atoms with Crippen LogP contribution in [0.1, 0.15) is 58.6 Å². The van der Waals surface area contributed by atoms with E-state index in [4.69, 9.17) is 30.8 Å². The van der Waals surface area contributed by atoms with E-state index in [9.17, 15) is 10.1 Å². The van der Waals surface area contributed by atoms with Crippen LogP contribution in [0, 0.1) is 22.7 Å². The fraction of sp³-hybridized carbons (Fsp3) is 0.600. The summed E-state index contributed by atoms with van der Waals surface area (Å²) >= 11 is 6.58. The summed E-state index contributed by atoms with van der Waals surface area (Å²) in [6.45, 7) is 7.28. The standard InChI is InChI=1S/C30H40ClN5O4/c1-29(2,3)40-28(37)36-25-9-8-20(15-26(25)38-4)14-21-16-22(23(31)17-33-21)24-6-5-7-27(35-24)34-19-30(18-32)10-12-39-13-11-30/h5-7,16-17,20,25-26H,8-15,19H2,1-4H3,(H,34,35)(H,36,37)/t20-,25+,26-/m0/s1. The zero-order chi connectivity index (χ0) is 28.8. The summed E-state index contributed by atoms with van der Waals surface area (Å²) in [6, 6.07) is 10.2. The van der Waals surface area contributed by atoms with Gasteiger partial charge in [-0.1, -0.05) is 17.7 Å². The number of nitriles is 1. The van der Waals surface area contributed by atoms with E-state index >= 15 is 0 Å². The monoisotopic (exact) mass is 569 g/mol. The number of hydrogen-bond acceptors (Lipinski definition) is 8. The van der Waals surface area contributed by atoms with Crippen LogP contribution in [0.25, 0.3) is 11.3 Å². The Kier molecular flexibility index (Phi) is 9.88. The highest BCUT2D eigenvalue weighted by atomic mass is 35.5. The normalized spacial score (nSPS) is 22.6. The molecule has 2 aromatic rings. The third kappa shape index (κ3) is 8.06. The minimum absolute atomic E-state index is 0.0921. The predicted molar refractivity (Wildman–Crippen MR) is 154 cm³/mol. The van der Waals surface area contributed by atoms with Crippen LogP contribution < -0.4 is 10.6 Å². The van der Waals surface area contributed by atoms with Crippen LogP contribution in [-0.2, 0) is 20.6 Å². The highest BCUT2D eigenvalue weighted by molar-refractivity contribution is 6.33. The Hall–Kier alpha value is -2.93. The molecule has 9 nitrogen and oxygen atoms in total. The van der Waals surface area contributed by atoms with Gasteiger partial charge in [0, 0.05) is 44.3 Å². The Morgan fingerprint density at radius 3 is 2.75 bits per heavy atom. The second-order valence-corrected chi connectivity index (χ2v) is 12.2. The van der Waals surface area contributed by atoms with Crippen molar-refractivity contribution in [3.05, 3.63) is 41.2 Å². The number of amides is 1. The van der Waals surface area contributed by atoms with Gasteiger partial charge in [-0.3, -0.25) is 4.98 Å². The molecule has 1 aliphatic carbocycles. The molecule has 2 fully saturated rings. The third-order valence-corrected chi connectivity index (χ3v) is 7.94. The number of carbonyl (C=O) groups excluding carboxylic acids is 1. The van der Waals surface area contributed by atoms with Crippen molar-refractivity contribution in [2.24, 2.45) is 11.3 Å². The predicted octanol–water partition coefficient (Wildman–Crippen LogP) is 5.78. The van der Waals surface area contributed by atoms with Crippen LogP contribution in [0.5, 0.6) is 0 Å². The minimum atomic E-state index is -0.546. The number of nitrogens with zero attached hydrogens (tertiary/aromatic N) is 3. The molecular formula is C30H40ClN5O4. The zero-order valence-corrected chi connectivity index (χ0v) is 24.6. The average molecular weight is 570 g/mol. The number of aromatic nitrogens is 2. The lowest BCUT2D eigenvalue weighted by Crippen LogP contribution is -2.49. The quantitative estimate of drug-likeness (QED) is 0.410. The first-order valence-electron chi connectivity index (χ1n) is 14.0. The molecule has 4 rings (SSSR count). The van der Waals surface area contributed by atoms with Gasteiger partial charge >= 0.3 is 6.09 Å². The van der Waals surface area contributed by atoms with Crippen LogP contribution >= 0.6 is 11.6 Å². The molecular weight excluding hydrogens is 530 g/mol. The van der Waals surface area contributed by atoms with Crippen LogP contribution in [-0.4, -0.2) is 60.7 Å². The van der Waals surface area contributed by atoms with Gasteiger partial charge in [-0.2, -0.15) is 5.26 Å². The van der Waals surface area contributed by atoms with E-state index in [0.29, 0.717) is 49.4 Å². The highest BCUT2D eigenvalue weighted by Crippen LogP contribution is 2.33. The van der Waals surface area contributed by atoms with Crippen molar-refractivity contribution in [1.82, 2.24) is 15.3 Å². The molecule has 0 bridgehead atoms. The third-order valence-electron chi connectivity index (χ3n) is 7.64. The lowest BCUT2D eigenvalue weighted by molar-refractivity contribution is 0.00953. The number of methoxy groups -OCH3 is 1.